The van der Waals surface area contributed by atoms with Crippen molar-refractivity contribution in [2.75, 3.05) is 12.5 Å². The summed E-state index contributed by atoms with van der Waals surface area (Å²) in [5.41, 5.74) is 9.95. The van der Waals surface area contributed by atoms with E-state index in [-0.39, 0.29) is 5.91 Å². The van der Waals surface area contributed by atoms with Gasteiger partial charge in [-0.05, 0) is 61.4 Å². The predicted octanol–water partition coefficient (Wildman–Crippen LogP) is 3.20. The van der Waals surface area contributed by atoms with Crippen LogP contribution in [0, 0.1) is 13.8 Å². The standard InChI is InChI=1S/C21H20N6O2/c1-13-4-7-16(10-14(13)2)27-20-18(11-24-27)19(22-12-23-20)25-26-21(28)15-5-8-17(29-3)9-6-15/h4-12H,1-3H3,(H,26,28)(H,22,23,25). The second kappa shape index (κ2) is 7.59. The average molecular weight is 388 g/mol. The minimum absolute atomic E-state index is 0.291. The number of methoxy groups -OCH3 is 1. The zero-order valence-electron chi connectivity index (χ0n) is 16.3. The Hall–Kier alpha value is -3.94. The SMILES string of the molecule is COc1ccc(C(=O)NNc2ncnc3c2cnn3-c2ccc(C)c(C)c2)cc1. The van der Waals surface area contributed by atoms with Crippen LogP contribution in [0.25, 0.3) is 16.7 Å². The Morgan fingerprint density at radius 1 is 1.03 bits per heavy atom. The fraction of sp³-hybridized carbons (Fsp3) is 0.143. The van der Waals surface area contributed by atoms with Gasteiger partial charge < -0.3 is 4.74 Å². The molecule has 0 aliphatic rings. The molecule has 29 heavy (non-hydrogen) atoms. The number of aryl methyl sites for hydroxylation is 2. The van der Waals surface area contributed by atoms with Crippen molar-refractivity contribution in [1.82, 2.24) is 25.2 Å². The number of rotatable bonds is 5. The van der Waals surface area contributed by atoms with Crippen molar-refractivity contribution in [2.24, 2.45) is 0 Å². The molecule has 0 atom stereocenters. The molecule has 0 saturated carbocycles. The van der Waals surface area contributed by atoms with Gasteiger partial charge in [-0.3, -0.25) is 15.6 Å². The third-order valence-corrected chi connectivity index (χ3v) is 4.75. The van der Waals surface area contributed by atoms with Crippen LogP contribution in [0.1, 0.15) is 21.5 Å². The molecule has 2 aromatic carbocycles. The lowest BCUT2D eigenvalue weighted by molar-refractivity contribution is 0.0962. The first-order valence-electron chi connectivity index (χ1n) is 9.03. The summed E-state index contributed by atoms with van der Waals surface area (Å²) in [6, 6.07) is 12.9. The first-order valence-corrected chi connectivity index (χ1v) is 9.03. The number of nitrogens with zero attached hydrogens (tertiary/aromatic N) is 4. The van der Waals surface area contributed by atoms with Crippen LogP contribution >= 0.6 is 0 Å². The molecule has 0 spiro atoms. The quantitative estimate of drug-likeness (QED) is 0.510. The number of ether oxygens (including phenoxy) is 1. The van der Waals surface area contributed by atoms with Crippen molar-refractivity contribution < 1.29 is 9.53 Å². The highest BCUT2D eigenvalue weighted by atomic mass is 16.5. The third kappa shape index (κ3) is 3.60. The molecule has 0 bridgehead atoms. The van der Waals surface area contributed by atoms with Crippen LogP contribution in [0.4, 0.5) is 5.82 Å². The van der Waals surface area contributed by atoms with Gasteiger partial charge in [0.25, 0.3) is 5.91 Å². The van der Waals surface area contributed by atoms with Gasteiger partial charge in [0.2, 0.25) is 0 Å². The number of nitrogens with one attached hydrogen (secondary N) is 2. The number of fused-ring (bicyclic) bond motifs is 1. The molecule has 0 fully saturated rings. The summed E-state index contributed by atoms with van der Waals surface area (Å²) in [5, 5.41) is 5.14. The van der Waals surface area contributed by atoms with Crippen molar-refractivity contribution in [1.29, 1.82) is 0 Å². The molecular formula is C21H20N6O2. The van der Waals surface area contributed by atoms with E-state index in [0.717, 1.165) is 5.69 Å². The van der Waals surface area contributed by atoms with Gasteiger partial charge in [0.15, 0.2) is 11.5 Å². The molecule has 4 aromatic rings. The average Bonchev–Trinajstić information content (AvgIpc) is 3.19. The smallest absolute Gasteiger partial charge is 0.269 e. The molecule has 0 radical (unpaired) electrons. The highest BCUT2D eigenvalue weighted by molar-refractivity contribution is 5.96. The number of amides is 1. The summed E-state index contributed by atoms with van der Waals surface area (Å²) in [6.45, 7) is 4.12. The van der Waals surface area contributed by atoms with Crippen molar-refractivity contribution in [3.8, 4) is 11.4 Å². The van der Waals surface area contributed by atoms with Crippen LogP contribution in [0.5, 0.6) is 5.75 Å². The van der Waals surface area contributed by atoms with Crippen LogP contribution in [0.15, 0.2) is 55.0 Å². The summed E-state index contributed by atoms with van der Waals surface area (Å²) >= 11 is 0. The van der Waals surface area contributed by atoms with E-state index in [4.69, 9.17) is 4.74 Å². The number of hydrogen-bond acceptors (Lipinski definition) is 6. The van der Waals surface area contributed by atoms with Gasteiger partial charge in [-0.15, -0.1) is 0 Å². The van der Waals surface area contributed by atoms with E-state index in [9.17, 15) is 4.79 Å². The van der Waals surface area contributed by atoms with Gasteiger partial charge in [-0.25, -0.2) is 14.6 Å². The Bertz CT molecular complexity index is 1180. The Morgan fingerprint density at radius 3 is 2.55 bits per heavy atom. The molecular weight excluding hydrogens is 368 g/mol. The van der Waals surface area contributed by atoms with Crippen molar-refractivity contribution in [3.05, 3.63) is 71.7 Å². The van der Waals surface area contributed by atoms with E-state index in [1.807, 2.05) is 12.1 Å². The normalized spacial score (nSPS) is 10.7. The van der Waals surface area contributed by atoms with E-state index in [0.29, 0.717) is 28.2 Å². The maximum absolute atomic E-state index is 12.4. The molecule has 4 rings (SSSR count). The number of carbonyl (C=O) groups is 1. The van der Waals surface area contributed by atoms with Crippen LogP contribution in [-0.2, 0) is 0 Å². The molecule has 8 nitrogen and oxygen atoms in total. The van der Waals surface area contributed by atoms with E-state index in [1.54, 1.807) is 42.3 Å². The molecule has 0 unspecified atom stereocenters. The minimum atomic E-state index is -0.291. The molecule has 2 aromatic heterocycles. The van der Waals surface area contributed by atoms with Crippen molar-refractivity contribution in [3.63, 3.8) is 0 Å². The molecule has 146 valence electrons. The topological polar surface area (TPSA) is 94.0 Å². The predicted molar refractivity (Wildman–Crippen MR) is 110 cm³/mol. The van der Waals surface area contributed by atoms with Crippen LogP contribution in [-0.4, -0.2) is 32.8 Å². The number of anilines is 1. The third-order valence-electron chi connectivity index (χ3n) is 4.75. The molecule has 2 N–H and O–H groups in total. The van der Waals surface area contributed by atoms with E-state index >= 15 is 0 Å². The zero-order chi connectivity index (χ0) is 20.4. The summed E-state index contributed by atoms with van der Waals surface area (Å²) in [4.78, 5) is 21.0. The number of hydrogen-bond donors (Lipinski definition) is 2. The highest BCUT2D eigenvalue weighted by Crippen LogP contribution is 2.22. The number of benzene rings is 2. The first-order chi connectivity index (χ1) is 14.1. The Labute approximate surface area is 167 Å². The van der Waals surface area contributed by atoms with E-state index in [1.165, 1.54) is 17.5 Å². The van der Waals surface area contributed by atoms with E-state index in [2.05, 4.69) is 45.8 Å². The van der Waals surface area contributed by atoms with Gasteiger partial charge in [0, 0.05) is 5.56 Å². The number of hydrazine groups is 1. The summed E-state index contributed by atoms with van der Waals surface area (Å²) in [6.07, 6.45) is 3.11. The van der Waals surface area contributed by atoms with Gasteiger partial charge in [0.05, 0.1) is 24.4 Å². The van der Waals surface area contributed by atoms with Gasteiger partial charge in [-0.2, -0.15) is 5.10 Å². The molecule has 0 aliphatic heterocycles. The van der Waals surface area contributed by atoms with Crippen LogP contribution in [0.3, 0.4) is 0 Å². The lowest BCUT2D eigenvalue weighted by atomic mass is 10.1. The lowest BCUT2D eigenvalue weighted by Crippen LogP contribution is -2.29. The fourth-order valence-electron chi connectivity index (χ4n) is 2.92. The zero-order valence-corrected chi connectivity index (χ0v) is 16.3. The Balaban J connectivity index is 1.57. The maximum atomic E-state index is 12.4. The summed E-state index contributed by atoms with van der Waals surface area (Å²) < 4.78 is 6.86. The van der Waals surface area contributed by atoms with Crippen molar-refractivity contribution >= 4 is 22.8 Å². The number of aromatic nitrogens is 4. The molecule has 1 amide bonds. The van der Waals surface area contributed by atoms with Gasteiger partial charge in [-0.1, -0.05) is 6.07 Å². The van der Waals surface area contributed by atoms with E-state index < -0.39 is 0 Å². The summed E-state index contributed by atoms with van der Waals surface area (Å²) in [5.74, 6) is 0.860. The lowest BCUT2D eigenvalue weighted by Gasteiger charge is -2.09. The Morgan fingerprint density at radius 2 is 1.83 bits per heavy atom. The first kappa shape index (κ1) is 18.4. The number of carbonyl (C=O) groups excluding carboxylic acids is 1. The largest absolute Gasteiger partial charge is 0.497 e. The fourth-order valence-corrected chi connectivity index (χ4v) is 2.92. The van der Waals surface area contributed by atoms with Crippen LogP contribution in [0.2, 0.25) is 0 Å². The monoisotopic (exact) mass is 388 g/mol. The molecule has 8 heteroatoms. The summed E-state index contributed by atoms with van der Waals surface area (Å²) in [7, 11) is 1.58. The molecule has 0 saturated heterocycles. The second-order valence-electron chi connectivity index (χ2n) is 6.59. The minimum Gasteiger partial charge on any atom is -0.497 e. The Kier molecular flexibility index (Phi) is 4.82. The van der Waals surface area contributed by atoms with Gasteiger partial charge in [0.1, 0.15) is 12.1 Å². The highest BCUT2D eigenvalue weighted by Gasteiger charge is 2.13. The van der Waals surface area contributed by atoms with Gasteiger partial charge >= 0.3 is 0 Å². The molecule has 0 aliphatic carbocycles. The van der Waals surface area contributed by atoms with Crippen LogP contribution < -0.4 is 15.6 Å². The molecule has 2 heterocycles. The maximum Gasteiger partial charge on any atom is 0.269 e. The second-order valence-corrected chi connectivity index (χ2v) is 6.59. The van der Waals surface area contributed by atoms with Crippen molar-refractivity contribution in [2.45, 2.75) is 13.8 Å².